The SMILES string of the molecule is CC(=O)NC1CCN(C(=O)c2cc(Cl)cc(Cl)c2O)CC1. The van der Waals surface area contributed by atoms with E-state index in [1.165, 1.54) is 19.1 Å². The third-order valence-corrected chi connectivity index (χ3v) is 3.95. The fraction of sp³-hybridized carbons (Fsp3) is 0.429. The molecule has 1 aromatic rings. The zero-order valence-electron chi connectivity index (χ0n) is 11.5. The molecule has 21 heavy (non-hydrogen) atoms. The zero-order chi connectivity index (χ0) is 15.6. The van der Waals surface area contributed by atoms with Crippen molar-refractivity contribution in [2.45, 2.75) is 25.8 Å². The van der Waals surface area contributed by atoms with E-state index in [1.54, 1.807) is 4.90 Å². The lowest BCUT2D eigenvalue weighted by atomic mass is 10.0. The van der Waals surface area contributed by atoms with Crippen molar-refractivity contribution < 1.29 is 14.7 Å². The number of nitrogens with zero attached hydrogens (tertiary/aromatic N) is 1. The third-order valence-electron chi connectivity index (χ3n) is 3.45. The quantitative estimate of drug-likeness (QED) is 0.874. The van der Waals surface area contributed by atoms with Gasteiger partial charge in [0, 0.05) is 31.1 Å². The van der Waals surface area contributed by atoms with Crippen LogP contribution >= 0.6 is 23.2 Å². The van der Waals surface area contributed by atoms with Crippen LogP contribution in [0.2, 0.25) is 10.0 Å². The van der Waals surface area contributed by atoms with Crippen LogP contribution in [0.25, 0.3) is 0 Å². The van der Waals surface area contributed by atoms with Gasteiger partial charge in [0.1, 0.15) is 5.75 Å². The van der Waals surface area contributed by atoms with E-state index in [4.69, 9.17) is 23.2 Å². The second kappa shape index (κ2) is 6.54. The Morgan fingerprint density at radius 1 is 1.29 bits per heavy atom. The van der Waals surface area contributed by atoms with Crippen molar-refractivity contribution in [1.82, 2.24) is 10.2 Å². The molecule has 1 aliphatic heterocycles. The highest BCUT2D eigenvalue weighted by Gasteiger charge is 2.26. The maximum absolute atomic E-state index is 12.4. The molecule has 1 fully saturated rings. The number of benzene rings is 1. The summed E-state index contributed by atoms with van der Waals surface area (Å²) in [6.45, 7) is 2.49. The van der Waals surface area contributed by atoms with E-state index in [1.807, 2.05) is 0 Å². The standard InChI is InChI=1S/C14H16Cl2N2O3/c1-8(19)17-10-2-4-18(5-3-10)14(21)11-6-9(15)7-12(16)13(11)20/h6-7,10,20H,2-5H2,1H3,(H,17,19). The van der Waals surface area contributed by atoms with Crippen LogP contribution in [0.1, 0.15) is 30.1 Å². The van der Waals surface area contributed by atoms with Crippen molar-refractivity contribution in [2.24, 2.45) is 0 Å². The first-order valence-corrected chi connectivity index (χ1v) is 7.38. The van der Waals surface area contributed by atoms with E-state index < -0.39 is 0 Å². The van der Waals surface area contributed by atoms with Gasteiger partial charge in [-0.05, 0) is 25.0 Å². The number of halogens is 2. The number of piperidine rings is 1. The number of carbonyl (C=O) groups excluding carboxylic acids is 2. The lowest BCUT2D eigenvalue weighted by molar-refractivity contribution is -0.119. The van der Waals surface area contributed by atoms with Gasteiger partial charge < -0.3 is 15.3 Å². The first-order chi connectivity index (χ1) is 9.88. The summed E-state index contributed by atoms with van der Waals surface area (Å²) in [5.74, 6) is -0.632. The molecule has 0 aliphatic carbocycles. The molecule has 1 aliphatic rings. The van der Waals surface area contributed by atoms with Crippen LogP contribution in [0.15, 0.2) is 12.1 Å². The minimum Gasteiger partial charge on any atom is -0.506 e. The Labute approximate surface area is 132 Å². The van der Waals surface area contributed by atoms with Crippen LogP contribution in [-0.4, -0.2) is 41.0 Å². The number of carbonyl (C=O) groups is 2. The fourth-order valence-electron chi connectivity index (χ4n) is 2.41. The summed E-state index contributed by atoms with van der Waals surface area (Å²) in [7, 11) is 0. The van der Waals surface area contributed by atoms with E-state index in [2.05, 4.69) is 5.32 Å². The van der Waals surface area contributed by atoms with E-state index in [-0.39, 0.29) is 34.2 Å². The number of amides is 2. The molecule has 2 rings (SSSR count). The first kappa shape index (κ1) is 15.9. The largest absolute Gasteiger partial charge is 0.506 e. The molecule has 0 atom stereocenters. The Morgan fingerprint density at radius 3 is 2.48 bits per heavy atom. The van der Waals surface area contributed by atoms with Crippen LogP contribution in [0.4, 0.5) is 0 Å². The van der Waals surface area contributed by atoms with Crippen LogP contribution in [0, 0.1) is 0 Å². The van der Waals surface area contributed by atoms with Crippen LogP contribution < -0.4 is 5.32 Å². The zero-order valence-corrected chi connectivity index (χ0v) is 13.0. The molecule has 0 aromatic heterocycles. The number of hydrogen-bond donors (Lipinski definition) is 2. The van der Waals surface area contributed by atoms with Crippen molar-refractivity contribution in [3.05, 3.63) is 27.7 Å². The molecule has 0 saturated carbocycles. The molecule has 5 nitrogen and oxygen atoms in total. The molecule has 114 valence electrons. The Hall–Kier alpha value is -1.46. The Bertz CT molecular complexity index is 570. The van der Waals surface area contributed by atoms with Gasteiger partial charge in [0.05, 0.1) is 10.6 Å². The summed E-state index contributed by atoms with van der Waals surface area (Å²) < 4.78 is 0. The van der Waals surface area contributed by atoms with Crippen molar-refractivity contribution >= 4 is 35.0 Å². The second-order valence-corrected chi connectivity index (χ2v) is 5.89. The highest BCUT2D eigenvalue weighted by atomic mass is 35.5. The Kier molecular flexibility index (Phi) is 4.96. The molecular formula is C14H16Cl2N2O3. The monoisotopic (exact) mass is 330 g/mol. The summed E-state index contributed by atoms with van der Waals surface area (Å²) in [6, 6.07) is 2.88. The van der Waals surface area contributed by atoms with Gasteiger partial charge in [0.15, 0.2) is 0 Å². The molecule has 0 radical (unpaired) electrons. The smallest absolute Gasteiger partial charge is 0.257 e. The van der Waals surface area contributed by atoms with Gasteiger partial charge in [-0.3, -0.25) is 9.59 Å². The van der Waals surface area contributed by atoms with E-state index >= 15 is 0 Å². The minimum atomic E-state index is -0.307. The first-order valence-electron chi connectivity index (χ1n) is 6.63. The number of aromatic hydroxyl groups is 1. The molecule has 0 spiro atoms. The molecule has 2 N–H and O–H groups in total. The van der Waals surface area contributed by atoms with Gasteiger partial charge in [-0.25, -0.2) is 0 Å². The van der Waals surface area contributed by atoms with Gasteiger partial charge in [-0.1, -0.05) is 23.2 Å². The number of nitrogens with one attached hydrogen (secondary N) is 1. The van der Waals surface area contributed by atoms with Gasteiger partial charge >= 0.3 is 0 Å². The summed E-state index contributed by atoms with van der Waals surface area (Å²) in [4.78, 5) is 25.1. The Balaban J connectivity index is 2.07. The lowest BCUT2D eigenvalue weighted by Crippen LogP contribution is -2.46. The highest BCUT2D eigenvalue weighted by Crippen LogP contribution is 2.32. The molecule has 0 unspecified atom stereocenters. The van der Waals surface area contributed by atoms with Crippen LogP contribution in [0.5, 0.6) is 5.75 Å². The second-order valence-electron chi connectivity index (χ2n) is 5.05. The summed E-state index contributed by atoms with van der Waals surface area (Å²) in [5.41, 5.74) is 0.102. The lowest BCUT2D eigenvalue weighted by Gasteiger charge is -2.32. The third kappa shape index (κ3) is 3.80. The van der Waals surface area contributed by atoms with Crippen LogP contribution in [-0.2, 0) is 4.79 Å². The summed E-state index contributed by atoms with van der Waals surface area (Å²) in [6.07, 6.45) is 1.36. The van der Waals surface area contributed by atoms with Gasteiger partial charge in [-0.2, -0.15) is 0 Å². The average molecular weight is 331 g/mol. The van der Waals surface area contributed by atoms with E-state index in [9.17, 15) is 14.7 Å². The molecule has 1 saturated heterocycles. The van der Waals surface area contributed by atoms with Crippen molar-refractivity contribution in [2.75, 3.05) is 13.1 Å². The number of likely N-dealkylation sites (tertiary alicyclic amines) is 1. The van der Waals surface area contributed by atoms with Crippen molar-refractivity contribution in [1.29, 1.82) is 0 Å². The van der Waals surface area contributed by atoms with Crippen LogP contribution in [0.3, 0.4) is 0 Å². The number of phenols is 1. The molecule has 7 heteroatoms. The number of rotatable bonds is 2. The van der Waals surface area contributed by atoms with E-state index in [0.717, 1.165) is 0 Å². The molecular weight excluding hydrogens is 315 g/mol. The average Bonchev–Trinajstić information content (AvgIpc) is 2.42. The predicted octanol–water partition coefficient (Wildman–Crippen LogP) is 2.44. The summed E-state index contributed by atoms with van der Waals surface area (Å²) in [5, 5.41) is 13.1. The van der Waals surface area contributed by atoms with E-state index in [0.29, 0.717) is 31.0 Å². The maximum atomic E-state index is 12.4. The van der Waals surface area contributed by atoms with Gasteiger partial charge in [-0.15, -0.1) is 0 Å². The fourth-order valence-corrected chi connectivity index (χ4v) is 2.91. The molecule has 0 bridgehead atoms. The maximum Gasteiger partial charge on any atom is 0.257 e. The minimum absolute atomic E-state index is 0.0546. The summed E-state index contributed by atoms with van der Waals surface area (Å²) >= 11 is 11.7. The Morgan fingerprint density at radius 2 is 1.90 bits per heavy atom. The van der Waals surface area contributed by atoms with Crippen molar-refractivity contribution in [3.63, 3.8) is 0 Å². The molecule has 1 heterocycles. The predicted molar refractivity (Wildman–Crippen MR) is 80.9 cm³/mol. The number of hydrogen-bond acceptors (Lipinski definition) is 3. The van der Waals surface area contributed by atoms with Gasteiger partial charge in [0.2, 0.25) is 5.91 Å². The molecule has 1 aromatic carbocycles. The molecule has 2 amide bonds. The van der Waals surface area contributed by atoms with Crippen molar-refractivity contribution in [3.8, 4) is 5.75 Å². The highest BCUT2D eigenvalue weighted by molar-refractivity contribution is 6.36. The van der Waals surface area contributed by atoms with Gasteiger partial charge in [0.25, 0.3) is 5.91 Å². The number of phenolic OH excluding ortho intramolecular Hbond substituents is 1. The topological polar surface area (TPSA) is 69.6 Å². The normalized spacial score (nSPS) is 15.9.